The Balaban J connectivity index is 1.67. The number of amides is 1. The fourth-order valence-electron chi connectivity index (χ4n) is 2.02. The van der Waals surface area contributed by atoms with E-state index in [1.54, 1.807) is 62.0 Å². The minimum Gasteiger partial charge on any atom is -0.497 e. The van der Waals surface area contributed by atoms with Crippen LogP contribution >= 0.6 is 0 Å². The normalized spacial score (nSPS) is 10.0. The van der Waals surface area contributed by atoms with Crippen LogP contribution in [0.1, 0.15) is 10.4 Å². The monoisotopic (exact) mass is 321 g/mol. The van der Waals surface area contributed by atoms with Crippen LogP contribution in [0.4, 0.5) is 5.69 Å². The largest absolute Gasteiger partial charge is 0.497 e. The third kappa shape index (κ3) is 3.86. The number of hydrogen-bond acceptors (Lipinski definition) is 5. The molecule has 1 aromatic heterocycles. The van der Waals surface area contributed by atoms with E-state index in [9.17, 15) is 4.79 Å². The molecule has 2 aromatic carbocycles. The molecule has 0 bridgehead atoms. The highest BCUT2D eigenvalue weighted by molar-refractivity contribution is 6.04. The summed E-state index contributed by atoms with van der Waals surface area (Å²) in [4.78, 5) is 20.2. The maximum absolute atomic E-state index is 12.3. The highest BCUT2D eigenvalue weighted by Crippen LogP contribution is 2.20. The lowest BCUT2D eigenvalue weighted by Gasteiger charge is -2.08. The first-order valence-corrected chi connectivity index (χ1v) is 7.25. The van der Waals surface area contributed by atoms with Crippen LogP contribution in [-0.4, -0.2) is 23.0 Å². The summed E-state index contributed by atoms with van der Waals surface area (Å²) in [6.45, 7) is 0. The second kappa shape index (κ2) is 7.23. The van der Waals surface area contributed by atoms with E-state index in [0.717, 1.165) is 0 Å². The second-order valence-corrected chi connectivity index (χ2v) is 4.84. The molecule has 0 unspecified atom stereocenters. The highest BCUT2D eigenvalue weighted by Gasteiger charge is 2.07. The molecule has 0 radical (unpaired) electrons. The van der Waals surface area contributed by atoms with Crippen molar-refractivity contribution >= 4 is 11.6 Å². The summed E-state index contributed by atoms with van der Waals surface area (Å²) >= 11 is 0. The number of rotatable bonds is 5. The fourth-order valence-corrected chi connectivity index (χ4v) is 2.02. The number of aromatic nitrogens is 2. The van der Waals surface area contributed by atoms with E-state index in [4.69, 9.17) is 9.47 Å². The number of hydrogen-bond donors (Lipinski definition) is 1. The van der Waals surface area contributed by atoms with E-state index >= 15 is 0 Å². The van der Waals surface area contributed by atoms with Gasteiger partial charge in [0, 0.05) is 29.7 Å². The molecule has 120 valence electrons. The molecule has 1 N–H and O–H groups in total. The molecule has 0 aliphatic rings. The SMILES string of the molecule is COc1cccc(NC(=O)c2ccc(Oc3ncccn3)cc2)c1. The Labute approximate surface area is 139 Å². The van der Waals surface area contributed by atoms with Gasteiger partial charge in [0.2, 0.25) is 0 Å². The molecule has 1 heterocycles. The van der Waals surface area contributed by atoms with Crippen LogP contribution in [-0.2, 0) is 0 Å². The molecule has 1 amide bonds. The van der Waals surface area contributed by atoms with Crippen molar-refractivity contribution in [2.75, 3.05) is 12.4 Å². The van der Waals surface area contributed by atoms with Crippen LogP contribution in [0.25, 0.3) is 0 Å². The van der Waals surface area contributed by atoms with E-state index < -0.39 is 0 Å². The van der Waals surface area contributed by atoms with Crippen LogP contribution in [0.2, 0.25) is 0 Å². The number of ether oxygens (including phenoxy) is 2. The molecule has 0 spiro atoms. The van der Waals surface area contributed by atoms with Crippen LogP contribution in [0.3, 0.4) is 0 Å². The molecule has 3 aromatic rings. The van der Waals surface area contributed by atoms with Crippen molar-refractivity contribution in [3.8, 4) is 17.5 Å². The van der Waals surface area contributed by atoms with Gasteiger partial charge in [0.25, 0.3) is 5.91 Å². The number of benzene rings is 2. The summed E-state index contributed by atoms with van der Waals surface area (Å²) in [6.07, 6.45) is 3.19. The van der Waals surface area contributed by atoms with Crippen LogP contribution in [0.15, 0.2) is 67.0 Å². The number of anilines is 1. The number of carbonyl (C=O) groups is 1. The molecule has 6 nitrogen and oxygen atoms in total. The summed E-state index contributed by atoms with van der Waals surface area (Å²) in [5.74, 6) is 1.02. The second-order valence-electron chi connectivity index (χ2n) is 4.84. The minimum absolute atomic E-state index is 0.217. The molecule has 6 heteroatoms. The van der Waals surface area contributed by atoms with Crippen LogP contribution < -0.4 is 14.8 Å². The summed E-state index contributed by atoms with van der Waals surface area (Å²) < 4.78 is 10.6. The Kier molecular flexibility index (Phi) is 4.67. The van der Waals surface area contributed by atoms with Gasteiger partial charge in [-0.1, -0.05) is 6.07 Å². The Morgan fingerprint density at radius 2 is 1.71 bits per heavy atom. The van der Waals surface area contributed by atoms with E-state index in [0.29, 0.717) is 22.7 Å². The van der Waals surface area contributed by atoms with Gasteiger partial charge in [-0.3, -0.25) is 4.79 Å². The Hall–Kier alpha value is -3.41. The van der Waals surface area contributed by atoms with Crippen molar-refractivity contribution in [1.29, 1.82) is 0 Å². The molecule has 24 heavy (non-hydrogen) atoms. The average Bonchev–Trinajstić information content (AvgIpc) is 2.63. The molecule has 0 atom stereocenters. The van der Waals surface area contributed by atoms with Crippen molar-refractivity contribution in [2.45, 2.75) is 0 Å². The maximum atomic E-state index is 12.3. The van der Waals surface area contributed by atoms with Gasteiger partial charge in [-0.25, -0.2) is 9.97 Å². The zero-order valence-electron chi connectivity index (χ0n) is 13.0. The quantitative estimate of drug-likeness (QED) is 0.778. The Morgan fingerprint density at radius 1 is 0.958 bits per heavy atom. The van der Waals surface area contributed by atoms with Gasteiger partial charge in [0.05, 0.1) is 7.11 Å². The molecular weight excluding hydrogens is 306 g/mol. The zero-order valence-corrected chi connectivity index (χ0v) is 13.0. The molecule has 0 saturated heterocycles. The maximum Gasteiger partial charge on any atom is 0.321 e. The fraction of sp³-hybridized carbons (Fsp3) is 0.0556. The van der Waals surface area contributed by atoms with Gasteiger partial charge in [0.15, 0.2) is 0 Å². The standard InChI is InChI=1S/C18H15N3O3/c1-23-16-5-2-4-14(12-16)21-17(22)13-6-8-15(9-7-13)24-18-19-10-3-11-20-18/h2-12H,1H3,(H,21,22). The van der Waals surface area contributed by atoms with Gasteiger partial charge < -0.3 is 14.8 Å². The predicted molar refractivity (Wildman–Crippen MR) is 89.5 cm³/mol. The van der Waals surface area contributed by atoms with Crippen molar-refractivity contribution in [1.82, 2.24) is 9.97 Å². The highest BCUT2D eigenvalue weighted by atomic mass is 16.5. The van der Waals surface area contributed by atoms with E-state index in [2.05, 4.69) is 15.3 Å². The van der Waals surface area contributed by atoms with Gasteiger partial charge in [-0.15, -0.1) is 0 Å². The molecule has 3 rings (SSSR count). The number of methoxy groups -OCH3 is 1. The topological polar surface area (TPSA) is 73.3 Å². The molecule has 0 saturated carbocycles. The lowest BCUT2D eigenvalue weighted by atomic mass is 10.2. The van der Waals surface area contributed by atoms with E-state index in [1.165, 1.54) is 0 Å². The zero-order chi connectivity index (χ0) is 16.8. The van der Waals surface area contributed by atoms with Crippen molar-refractivity contribution in [3.05, 3.63) is 72.6 Å². The number of carbonyl (C=O) groups excluding carboxylic acids is 1. The lowest BCUT2D eigenvalue weighted by Crippen LogP contribution is -2.11. The van der Waals surface area contributed by atoms with Gasteiger partial charge in [0.1, 0.15) is 11.5 Å². The number of nitrogens with zero attached hydrogens (tertiary/aromatic N) is 2. The predicted octanol–water partition coefficient (Wildman–Crippen LogP) is 3.53. The molecule has 0 aliphatic heterocycles. The molecule has 0 aliphatic carbocycles. The average molecular weight is 321 g/mol. The summed E-state index contributed by atoms with van der Waals surface area (Å²) in [5, 5.41) is 2.82. The smallest absolute Gasteiger partial charge is 0.321 e. The Morgan fingerprint density at radius 3 is 2.42 bits per heavy atom. The first-order valence-electron chi connectivity index (χ1n) is 7.25. The summed E-state index contributed by atoms with van der Waals surface area (Å²) in [5.41, 5.74) is 1.18. The van der Waals surface area contributed by atoms with Crippen molar-refractivity contribution < 1.29 is 14.3 Å². The molecular formula is C18H15N3O3. The lowest BCUT2D eigenvalue weighted by molar-refractivity contribution is 0.102. The summed E-state index contributed by atoms with van der Waals surface area (Å²) in [7, 11) is 1.58. The van der Waals surface area contributed by atoms with Gasteiger partial charge in [-0.2, -0.15) is 0 Å². The summed E-state index contributed by atoms with van der Waals surface area (Å²) in [6, 6.07) is 15.9. The first-order chi connectivity index (χ1) is 11.7. The van der Waals surface area contributed by atoms with Crippen molar-refractivity contribution in [2.24, 2.45) is 0 Å². The van der Waals surface area contributed by atoms with Crippen LogP contribution in [0.5, 0.6) is 17.5 Å². The van der Waals surface area contributed by atoms with Crippen molar-refractivity contribution in [3.63, 3.8) is 0 Å². The number of nitrogens with one attached hydrogen (secondary N) is 1. The van der Waals surface area contributed by atoms with Gasteiger partial charge >= 0.3 is 6.01 Å². The van der Waals surface area contributed by atoms with E-state index in [1.807, 2.05) is 12.1 Å². The first kappa shape index (κ1) is 15.5. The third-order valence-corrected chi connectivity index (χ3v) is 3.20. The molecule has 0 fully saturated rings. The van der Waals surface area contributed by atoms with Gasteiger partial charge in [-0.05, 0) is 42.5 Å². The Bertz CT molecular complexity index is 820. The van der Waals surface area contributed by atoms with Crippen LogP contribution in [0, 0.1) is 0 Å². The van der Waals surface area contributed by atoms with E-state index in [-0.39, 0.29) is 11.9 Å². The third-order valence-electron chi connectivity index (χ3n) is 3.20. The minimum atomic E-state index is -0.217.